The average molecular weight is 557 g/mol. The second kappa shape index (κ2) is 12.5. The molecule has 0 radical (unpaired) electrons. The summed E-state index contributed by atoms with van der Waals surface area (Å²) in [6.45, 7) is 7.14. The lowest BCUT2D eigenvalue weighted by molar-refractivity contribution is -0.146. The van der Waals surface area contributed by atoms with Crippen LogP contribution in [0.1, 0.15) is 51.0 Å². The van der Waals surface area contributed by atoms with E-state index in [2.05, 4.69) is 15.5 Å². The van der Waals surface area contributed by atoms with Gasteiger partial charge in [-0.3, -0.25) is 19.3 Å². The van der Waals surface area contributed by atoms with E-state index in [0.29, 0.717) is 45.7 Å². The van der Waals surface area contributed by atoms with Crippen LogP contribution in [0.3, 0.4) is 0 Å². The molecule has 1 aromatic carbocycles. The highest BCUT2D eigenvalue weighted by Gasteiger charge is 2.77. The molecule has 10 nitrogen and oxygen atoms in total. The van der Waals surface area contributed by atoms with Crippen molar-refractivity contribution in [2.24, 2.45) is 11.8 Å². The Balaban J connectivity index is 1.33. The molecule has 10 heteroatoms. The Hall–Kier alpha value is -2.53. The summed E-state index contributed by atoms with van der Waals surface area (Å²) in [6.07, 6.45) is 4.37. The first-order valence-electron chi connectivity index (χ1n) is 14.9. The third kappa shape index (κ3) is 5.64. The van der Waals surface area contributed by atoms with Gasteiger partial charge in [0, 0.05) is 45.9 Å². The third-order valence-corrected chi connectivity index (χ3v) is 9.26. The van der Waals surface area contributed by atoms with Crippen LogP contribution in [0.25, 0.3) is 0 Å². The molecule has 220 valence electrons. The standard InChI is InChI=1S/C30H44N4O6/c1-29-11-12-30(40-29)24(23(29)26(36)32-21-22-9-5-4-6-10-22)28(38)34(14-7-2-3-8-18-35)25(30)27(37)31-13-15-33-16-19-39-20-17-33/h4-6,9-10,23-25,35H,2-3,7-8,11-21H2,1H3,(H,31,37)(H,32,36)/t23-,24-,25?,29+,30?/m0/s1. The van der Waals surface area contributed by atoms with Crippen LogP contribution in [-0.4, -0.2) is 102 Å². The van der Waals surface area contributed by atoms with E-state index in [1.807, 2.05) is 37.3 Å². The number of carbonyl (C=O) groups excluding carboxylic acids is 3. The molecule has 0 aliphatic carbocycles. The summed E-state index contributed by atoms with van der Waals surface area (Å²) in [5, 5.41) is 15.3. The number of morpholine rings is 1. The van der Waals surface area contributed by atoms with Crippen LogP contribution in [0.4, 0.5) is 0 Å². The van der Waals surface area contributed by atoms with Gasteiger partial charge in [-0.05, 0) is 38.2 Å². The smallest absolute Gasteiger partial charge is 0.245 e. The molecule has 4 aliphatic rings. The van der Waals surface area contributed by atoms with Gasteiger partial charge >= 0.3 is 0 Å². The van der Waals surface area contributed by atoms with Crippen molar-refractivity contribution in [2.75, 3.05) is 52.5 Å². The molecule has 3 N–H and O–H groups in total. The first kappa shape index (κ1) is 29.0. The minimum absolute atomic E-state index is 0.147. The maximum atomic E-state index is 14.1. The van der Waals surface area contributed by atoms with Crippen LogP contribution in [0, 0.1) is 11.8 Å². The molecule has 4 aliphatic heterocycles. The van der Waals surface area contributed by atoms with E-state index in [1.54, 1.807) is 4.90 Å². The summed E-state index contributed by atoms with van der Waals surface area (Å²) in [7, 11) is 0. The van der Waals surface area contributed by atoms with Crippen LogP contribution in [0.15, 0.2) is 30.3 Å². The summed E-state index contributed by atoms with van der Waals surface area (Å²) in [5.74, 6) is -1.88. The van der Waals surface area contributed by atoms with Crippen LogP contribution in [0.2, 0.25) is 0 Å². The zero-order valence-corrected chi connectivity index (χ0v) is 23.6. The summed E-state index contributed by atoms with van der Waals surface area (Å²) in [5.41, 5.74) is -0.811. The Bertz CT molecular complexity index is 1050. The summed E-state index contributed by atoms with van der Waals surface area (Å²) >= 11 is 0. The van der Waals surface area contributed by atoms with Gasteiger partial charge in [0.1, 0.15) is 11.6 Å². The van der Waals surface area contributed by atoms with Crippen LogP contribution < -0.4 is 10.6 Å². The SMILES string of the molecule is C[C@]12CCC3(O1)C(C(=O)NCCN1CCOCC1)N(CCCCCCO)C(=O)[C@@H]3[C@H]2C(=O)NCc1ccccc1. The van der Waals surface area contributed by atoms with E-state index in [4.69, 9.17) is 14.6 Å². The first-order chi connectivity index (χ1) is 19.4. The molecule has 1 aromatic rings. The van der Waals surface area contributed by atoms with Crippen molar-refractivity contribution < 1.29 is 29.0 Å². The van der Waals surface area contributed by atoms with Crippen molar-refractivity contribution in [3.8, 4) is 0 Å². The van der Waals surface area contributed by atoms with Crippen molar-refractivity contribution in [3.63, 3.8) is 0 Å². The highest BCUT2D eigenvalue weighted by Crippen LogP contribution is 2.63. The topological polar surface area (TPSA) is 120 Å². The zero-order valence-electron chi connectivity index (χ0n) is 23.6. The monoisotopic (exact) mass is 556 g/mol. The number of rotatable bonds is 13. The van der Waals surface area contributed by atoms with Gasteiger partial charge in [0.15, 0.2) is 0 Å². The second-order valence-corrected chi connectivity index (χ2v) is 11.8. The first-order valence-corrected chi connectivity index (χ1v) is 14.9. The molecule has 5 atom stereocenters. The number of hydrogen-bond donors (Lipinski definition) is 3. The Morgan fingerprint density at radius 3 is 2.50 bits per heavy atom. The number of unbranched alkanes of at least 4 members (excludes halogenated alkanes) is 3. The van der Waals surface area contributed by atoms with Gasteiger partial charge in [0.05, 0.1) is 30.7 Å². The molecule has 4 fully saturated rings. The number of hydrogen-bond acceptors (Lipinski definition) is 7. The van der Waals surface area contributed by atoms with Gasteiger partial charge in [-0.25, -0.2) is 0 Å². The Morgan fingerprint density at radius 2 is 1.75 bits per heavy atom. The molecule has 4 heterocycles. The summed E-state index contributed by atoms with van der Waals surface area (Å²) < 4.78 is 12.1. The molecule has 0 aromatic heterocycles. The Kier molecular flexibility index (Phi) is 9.09. The van der Waals surface area contributed by atoms with Gasteiger partial charge in [-0.15, -0.1) is 0 Å². The lowest BCUT2D eigenvalue weighted by Crippen LogP contribution is -2.56. The number of aliphatic hydroxyl groups is 1. The largest absolute Gasteiger partial charge is 0.396 e. The summed E-state index contributed by atoms with van der Waals surface area (Å²) in [4.78, 5) is 45.5. The minimum Gasteiger partial charge on any atom is -0.396 e. The maximum Gasteiger partial charge on any atom is 0.245 e. The number of nitrogens with one attached hydrogen (secondary N) is 2. The van der Waals surface area contributed by atoms with Crippen molar-refractivity contribution >= 4 is 17.7 Å². The minimum atomic E-state index is -1.01. The Morgan fingerprint density at radius 1 is 1.00 bits per heavy atom. The summed E-state index contributed by atoms with van der Waals surface area (Å²) in [6, 6.07) is 8.94. The average Bonchev–Trinajstić information content (AvgIpc) is 3.53. The highest BCUT2D eigenvalue weighted by molar-refractivity contribution is 5.99. The number of likely N-dealkylation sites (tertiary alicyclic amines) is 1. The van der Waals surface area contributed by atoms with Gasteiger partial charge < -0.3 is 30.1 Å². The van der Waals surface area contributed by atoms with E-state index in [1.165, 1.54) is 0 Å². The molecule has 40 heavy (non-hydrogen) atoms. The number of amides is 3. The lowest BCUT2D eigenvalue weighted by atomic mass is 9.66. The number of ether oxygens (including phenoxy) is 2. The van der Waals surface area contributed by atoms with Gasteiger partial charge in [-0.2, -0.15) is 0 Å². The normalized spacial score (nSPS) is 31.4. The fraction of sp³-hybridized carbons (Fsp3) is 0.700. The van der Waals surface area contributed by atoms with E-state index in [-0.39, 0.29) is 24.3 Å². The number of fused-ring (bicyclic) bond motifs is 1. The van der Waals surface area contributed by atoms with Crippen LogP contribution >= 0.6 is 0 Å². The fourth-order valence-corrected chi connectivity index (χ4v) is 7.27. The van der Waals surface area contributed by atoms with Crippen molar-refractivity contribution in [1.82, 2.24) is 20.4 Å². The fourth-order valence-electron chi connectivity index (χ4n) is 7.27. The highest BCUT2D eigenvalue weighted by atomic mass is 16.5. The maximum absolute atomic E-state index is 14.1. The Labute approximate surface area is 236 Å². The van der Waals surface area contributed by atoms with E-state index < -0.39 is 29.1 Å². The van der Waals surface area contributed by atoms with Gasteiger partial charge in [0.25, 0.3) is 0 Å². The van der Waals surface area contributed by atoms with E-state index >= 15 is 0 Å². The zero-order chi connectivity index (χ0) is 28.2. The molecule has 4 saturated heterocycles. The molecule has 0 saturated carbocycles. The van der Waals surface area contributed by atoms with E-state index in [0.717, 1.165) is 50.9 Å². The molecule has 1 spiro atoms. The number of aliphatic hydroxyl groups excluding tert-OH is 1. The molecule has 2 bridgehead atoms. The lowest BCUT2D eigenvalue weighted by Gasteiger charge is -2.34. The molecule has 5 rings (SSSR count). The van der Waals surface area contributed by atoms with Gasteiger partial charge in [0.2, 0.25) is 17.7 Å². The molecular weight excluding hydrogens is 512 g/mol. The van der Waals surface area contributed by atoms with Gasteiger partial charge in [-0.1, -0.05) is 43.2 Å². The number of nitrogens with zero attached hydrogens (tertiary/aromatic N) is 2. The predicted molar refractivity (Wildman–Crippen MR) is 148 cm³/mol. The molecule has 3 amide bonds. The quantitative estimate of drug-likeness (QED) is 0.311. The third-order valence-electron chi connectivity index (χ3n) is 9.26. The van der Waals surface area contributed by atoms with Crippen molar-refractivity contribution in [1.29, 1.82) is 0 Å². The molecular formula is C30H44N4O6. The second-order valence-electron chi connectivity index (χ2n) is 11.8. The van der Waals surface area contributed by atoms with Crippen LogP contribution in [-0.2, 0) is 30.4 Å². The molecule has 2 unspecified atom stereocenters. The van der Waals surface area contributed by atoms with Crippen molar-refractivity contribution in [2.45, 2.75) is 69.2 Å². The van der Waals surface area contributed by atoms with E-state index in [9.17, 15) is 14.4 Å². The number of benzene rings is 1. The van der Waals surface area contributed by atoms with Crippen LogP contribution in [0.5, 0.6) is 0 Å². The van der Waals surface area contributed by atoms with Crippen molar-refractivity contribution in [3.05, 3.63) is 35.9 Å². The predicted octanol–water partition coefficient (Wildman–Crippen LogP) is 1.07. The number of carbonyl (C=O) groups is 3.